The van der Waals surface area contributed by atoms with Gasteiger partial charge in [0, 0.05) is 11.8 Å². The monoisotopic (exact) mass is 199 g/mol. The fraction of sp³-hybridized carbons (Fsp3) is 0.154. The summed E-state index contributed by atoms with van der Waals surface area (Å²) in [5, 5.41) is 0. The maximum absolute atomic E-state index is 12.0. The van der Waals surface area contributed by atoms with Crippen LogP contribution < -0.4 is 0 Å². The molecule has 1 aromatic heterocycles. The van der Waals surface area contributed by atoms with E-state index in [-0.39, 0.29) is 5.78 Å². The lowest BCUT2D eigenvalue weighted by Crippen LogP contribution is -2.04. The molecule has 0 amide bonds. The number of nitrogens with one attached hydrogen (secondary N) is 1. The summed E-state index contributed by atoms with van der Waals surface area (Å²) in [5.41, 5.74) is 3.62. The molecule has 0 aliphatic heterocycles. The molecular formula is C13H13NO. The average molecular weight is 199 g/mol. The molecule has 2 aromatic rings. The molecule has 0 fully saturated rings. The van der Waals surface area contributed by atoms with E-state index >= 15 is 0 Å². The van der Waals surface area contributed by atoms with Crippen molar-refractivity contribution in [2.45, 2.75) is 13.8 Å². The van der Waals surface area contributed by atoms with Crippen LogP contribution in [0.25, 0.3) is 0 Å². The lowest BCUT2D eigenvalue weighted by molar-refractivity contribution is 0.103. The molecule has 15 heavy (non-hydrogen) atoms. The van der Waals surface area contributed by atoms with Gasteiger partial charge in [-0.05, 0) is 37.1 Å². The van der Waals surface area contributed by atoms with Gasteiger partial charge in [-0.3, -0.25) is 4.79 Å². The van der Waals surface area contributed by atoms with Gasteiger partial charge in [-0.2, -0.15) is 0 Å². The molecule has 0 unspecified atom stereocenters. The normalized spacial score (nSPS) is 10.3. The highest BCUT2D eigenvalue weighted by Crippen LogP contribution is 2.16. The van der Waals surface area contributed by atoms with Crippen molar-refractivity contribution in [3.05, 3.63) is 58.9 Å². The van der Waals surface area contributed by atoms with Gasteiger partial charge < -0.3 is 4.98 Å². The van der Waals surface area contributed by atoms with Gasteiger partial charge in [0.2, 0.25) is 5.78 Å². The largest absolute Gasteiger partial charge is 0.359 e. The molecule has 0 saturated heterocycles. The van der Waals surface area contributed by atoms with E-state index in [0.29, 0.717) is 5.69 Å². The minimum atomic E-state index is 0.0567. The molecule has 2 nitrogen and oxygen atoms in total. The van der Waals surface area contributed by atoms with Crippen molar-refractivity contribution in [2.24, 2.45) is 0 Å². The maximum atomic E-state index is 12.0. The number of hydrogen-bond donors (Lipinski definition) is 1. The van der Waals surface area contributed by atoms with E-state index in [1.807, 2.05) is 38.1 Å². The Morgan fingerprint density at radius 1 is 1.13 bits per heavy atom. The first-order chi connectivity index (χ1) is 7.20. The lowest BCUT2D eigenvalue weighted by Gasteiger charge is -2.06. The van der Waals surface area contributed by atoms with Gasteiger partial charge in [0.25, 0.3) is 0 Å². The van der Waals surface area contributed by atoms with Crippen LogP contribution in [0.15, 0.2) is 36.5 Å². The van der Waals surface area contributed by atoms with Crippen molar-refractivity contribution >= 4 is 5.78 Å². The van der Waals surface area contributed by atoms with Crippen molar-refractivity contribution in [2.75, 3.05) is 0 Å². The van der Waals surface area contributed by atoms with Crippen LogP contribution in [0.3, 0.4) is 0 Å². The van der Waals surface area contributed by atoms with E-state index in [4.69, 9.17) is 0 Å². The summed E-state index contributed by atoms with van der Waals surface area (Å²) in [5.74, 6) is 0.0567. The van der Waals surface area contributed by atoms with E-state index in [9.17, 15) is 4.79 Å². The van der Waals surface area contributed by atoms with Crippen molar-refractivity contribution < 1.29 is 4.79 Å². The number of carbonyl (C=O) groups excluding carboxylic acids is 1. The smallest absolute Gasteiger partial charge is 0.209 e. The summed E-state index contributed by atoms with van der Waals surface area (Å²) in [6, 6.07) is 9.42. The fourth-order valence-electron chi connectivity index (χ4n) is 1.61. The Morgan fingerprint density at radius 2 is 1.93 bits per heavy atom. The van der Waals surface area contributed by atoms with Crippen LogP contribution in [0, 0.1) is 13.8 Å². The molecule has 1 N–H and O–H groups in total. The zero-order valence-corrected chi connectivity index (χ0v) is 8.87. The SMILES string of the molecule is Cc1cccc(C(=O)c2ccc[nH]2)c1C. The van der Waals surface area contributed by atoms with Crippen molar-refractivity contribution in [1.82, 2.24) is 4.98 Å². The molecule has 76 valence electrons. The number of ketones is 1. The predicted molar refractivity (Wildman–Crippen MR) is 60.1 cm³/mol. The summed E-state index contributed by atoms with van der Waals surface area (Å²) in [4.78, 5) is 15.0. The number of aromatic amines is 1. The number of carbonyl (C=O) groups is 1. The predicted octanol–water partition coefficient (Wildman–Crippen LogP) is 2.86. The van der Waals surface area contributed by atoms with E-state index < -0.39 is 0 Å². The summed E-state index contributed by atoms with van der Waals surface area (Å²) in [6.45, 7) is 3.99. The minimum Gasteiger partial charge on any atom is -0.359 e. The van der Waals surface area contributed by atoms with Crippen molar-refractivity contribution in [3.8, 4) is 0 Å². The van der Waals surface area contributed by atoms with Crippen molar-refractivity contribution in [3.63, 3.8) is 0 Å². The standard InChI is InChI=1S/C13H13NO/c1-9-5-3-6-11(10(9)2)13(15)12-7-4-8-14-12/h3-8,14H,1-2H3. The Kier molecular flexibility index (Phi) is 2.42. The minimum absolute atomic E-state index is 0.0567. The third kappa shape index (κ3) is 1.71. The molecule has 0 bridgehead atoms. The number of aryl methyl sites for hydroxylation is 1. The molecular weight excluding hydrogens is 186 g/mol. The van der Waals surface area contributed by atoms with Crippen LogP contribution in [0.1, 0.15) is 27.2 Å². The summed E-state index contributed by atoms with van der Waals surface area (Å²) < 4.78 is 0. The second-order valence-corrected chi connectivity index (χ2v) is 3.66. The van der Waals surface area contributed by atoms with E-state index in [1.54, 1.807) is 12.3 Å². The van der Waals surface area contributed by atoms with Gasteiger partial charge in [-0.25, -0.2) is 0 Å². The van der Waals surface area contributed by atoms with Crippen LogP contribution in [-0.2, 0) is 0 Å². The topological polar surface area (TPSA) is 32.9 Å². The van der Waals surface area contributed by atoms with E-state index in [1.165, 1.54) is 0 Å². The number of rotatable bonds is 2. The highest BCUT2D eigenvalue weighted by Gasteiger charge is 2.12. The van der Waals surface area contributed by atoms with Crippen LogP contribution in [-0.4, -0.2) is 10.8 Å². The average Bonchev–Trinajstić information content (AvgIpc) is 2.74. The van der Waals surface area contributed by atoms with Gasteiger partial charge in [0.1, 0.15) is 0 Å². The third-order valence-electron chi connectivity index (χ3n) is 2.69. The number of H-pyrrole nitrogens is 1. The first kappa shape index (κ1) is 9.71. The molecule has 2 rings (SSSR count). The Labute approximate surface area is 89.0 Å². The van der Waals surface area contributed by atoms with Crippen LogP contribution in [0.2, 0.25) is 0 Å². The molecule has 1 heterocycles. The molecule has 0 aliphatic carbocycles. The van der Waals surface area contributed by atoms with Crippen LogP contribution >= 0.6 is 0 Å². The first-order valence-corrected chi connectivity index (χ1v) is 4.94. The summed E-state index contributed by atoms with van der Waals surface area (Å²) in [7, 11) is 0. The molecule has 0 atom stereocenters. The second kappa shape index (κ2) is 3.73. The highest BCUT2D eigenvalue weighted by molar-refractivity contribution is 6.08. The molecule has 0 spiro atoms. The lowest BCUT2D eigenvalue weighted by atomic mass is 9.99. The Balaban J connectivity index is 2.47. The second-order valence-electron chi connectivity index (χ2n) is 3.66. The summed E-state index contributed by atoms with van der Waals surface area (Å²) in [6.07, 6.45) is 1.76. The quantitative estimate of drug-likeness (QED) is 0.741. The molecule has 2 heteroatoms. The highest BCUT2D eigenvalue weighted by atomic mass is 16.1. The van der Waals surface area contributed by atoms with Gasteiger partial charge >= 0.3 is 0 Å². The Hall–Kier alpha value is -1.83. The van der Waals surface area contributed by atoms with Gasteiger partial charge in [-0.15, -0.1) is 0 Å². The van der Waals surface area contributed by atoms with Gasteiger partial charge in [0.05, 0.1) is 5.69 Å². The zero-order chi connectivity index (χ0) is 10.8. The molecule has 0 saturated carbocycles. The van der Waals surface area contributed by atoms with Crippen molar-refractivity contribution in [1.29, 1.82) is 0 Å². The summed E-state index contributed by atoms with van der Waals surface area (Å²) >= 11 is 0. The van der Waals surface area contributed by atoms with Gasteiger partial charge in [0.15, 0.2) is 0 Å². The molecule has 0 aliphatic rings. The van der Waals surface area contributed by atoms with Gasteiger partial charge in [-0.1, -0.05) is 18.2 Å². The van der Waals surface area contributed by atoms with E-state index in [2.05, 4.69) is 4.98 Å². The molecule has 1 aromatic carbocycles. The number of hydrogen-bond acceptors (Lipinski definition) is 1. The fourth-order valence-corrected chi connectivity index (χ4v) is 1.61. The molecule has 0 radical (unpaired) electrons. The number of benzene rings is 1. The van der Waals surface area contributed by atoms with Crippen LogP contribution in [0.5, 0.6) is 0 Å². The Bertz CT molecular complexity index is 483. The maximum Gasteiger partial charge on any atom is 0.209 e. The zero-order valence-electron chi connectivity index (χ0n) is 8.87. The number of aromatic nitrogens is 1. The third-order valence-corrected chi connectivity index (χ3v) is 2.69. The van der Waals surface area contributed by atoms with Crippen LogP contribution in [0.4, 0.5) is 0 Å². The van der Waals surface area contributed by atoms with E-state index in [0.717, 1.165) is 16.7 Å². The Morgan fingerprint density at radius 3 is 2.60 bits per heavy atom. The first-order valence-electron chi connectivity index (χ1n) is 4.94.